The van der Waals surface area contributed by atoms with E-state index < -0.39 is 5.97 Å². The lowest BCUT2D eigenvalue weighted by atomic mass is 10.1. The largest absolute Gasteiger partial charge is 0.478 e. The molecule has 0 radical (unpaired) electrons. The number of carbonyl (C=O) groups excluding carboxylic acids is 1. The third-order valence-electron chi connectivity index (χ3n) is 3.69. The summed E-state index contributed by atoms with van der Waals surface area (Å²) in [5.41, 5.74) is 2.22. The van der Waals surface area contributed by atoms with Gasteiger partial charge in [-0.25, -0.2) is 9.59 Å². The fraction of sp³-hybridized carbons (Fsp3) is 0.467. The van der Waals surface area contributed by atoms with Gasteiger partial charge >= 0.3 is 12.0 Å². The van der Waals surface area contributed by atoms with E-state index >= 15 is 0 Å². The average Bonchev–Trinajstić information content (AvgIpc) is 2.89. The molecule has 6 nitrogen and oxygen atoms in total. The summed E-state index contributed by atoms with van der Waals surface area (Å²) in [4.78, 5) is 26.8. The predicted octanol–water partition coefficient (Wildman–Crippen LogP) is 1.36. The fourth-order valence-electron chi connectivity index (χ4n) is 2.49. The summed E-state index contributed by atoms with van der Waals surface area (Å²) >= 11 is 0. The van der Waals surface area contributed by atoms with Crippen LogP contribution in [0.5, 0.6) is 0 Å². The Morgan fingerprint density at radius 1 is 1.33 bits per heavy atom. The number of aromatic carboxylic acids is 1. The van der Waals surface area contributed by atoms with E-state index in [0.29, 0.717) is 19.6 Å². The number of carboxylic acids is 1. The number of hydrogen-bond donors (Lipinski definition) is 2. The van der Waals surface area contributed by atoms with Crippen LogP contribution in [0.1, 0.15) is 27.9 Å². The molecule has 0 bridgehead atoms. The van der Waals surface area contributed by atoms with Crippen molar-refractivity contribution in [2.75, 3.05) is 27.2 Å². The molecule has 0 saturated carbocycles. The Hall–Kier alpha value is -2.08. The third-order valence-corrected chi connectivity index (χ3v) is 3.69. The number of nitrogens with zero attached hydrogens (tertiary/aromatic N) is 2. The van der Waals surface area contributed by atoms with Gasteiger partial charge in [0, 0.05) is 26.7 Å². The SMILES string of the molecule is CNCCCN(C)C(=O)N1Cc2ccc(C(=O)O)cc2C1. The summed E-state index contributed by atoms with van der Waals surface area (Å²) in [6, 6.07) is 5.03. The molecule has 1 aromatic rings. The van der Waals surface area contributed by atoms with Crippen LogP contribution in [0.4, 0.5) is 4.79 Å². The van der Waals surface area contributed by atoms with E-state index in [-0.39, 0.29) is 11.6 Å². The molecule has 1 heterocycles. The molecule has 2 N–H and O–H groups in total. The van der Waals surface area contributed by atoms with E-state index in [9.17, 15) is 9.59 Å². The minimum Gasteiger partial charge on any atom is -0.478 e. The summed E-state index contributed by atoms with van der Waals surface area (Å²) in [7, 11) is 3.68. The first kappa shape index (κ1) is 15.3. The topological polar surface area (TPSA) is 72.9 Å². The second kappa shape index (κ2) is 6.58. The third kappa shape index (κ3) is 3.52. The maximum atomic E-state index is 12.3. The zero-order valence-electron chi connectivity index (χ0n) is 12.4. The molecule has 2 amide bonds. The van der Waals surface area contributed by atoms with Crippen LogP contribution < -0.4 is 5.32 Å². The van der Waals surface area contributed by atoms with Crippen LogP contribution in [0, 0.1) is 0 Å². The minimum absolute atomic E-state index is 0.0146. The Kier molecular flexibility index (Phi) is 4.80. The zero-order chi connectivity index (χ0) is 15.4. The molecule has 0 spiro atoms. The minimum atomic E-state index is -0.938. The van der Waals surface area contributed by atoms with Crippen LogP contribution in [0.2, 0.25) is 0 Å². The van der Waals surface area contributed by atoms with Gasteiger partial charge in [-0.1, -0.05) is 6.07 Å². The molecule has 21 heavy (non-hydrogen) atoms. The van der Waals surface area contributed by atoms with Gasteiger partial charge < -0.3 is 20.2 Å². The number of carboxylic acid groups (broad SMARTS) is 1. The first-order valence-corrected chi connectivity index (χ1v) is 7.02. The van der Waals surface area contributed by atoms with Crippen molar-refractivity contribution >= 4 is 12.0 Å². The van der Waals surface area contributed by atoms with Gasteiger partial charge in [0.15, 0.2) is 0 Å². The van der Waals surface area contributed by atoms with E-state index in [0.717, 1.165) is 24.1 Å². The van der Waals surface area contributed by atoms with Crippen LogP contribution in [0.15, 0.2) is 18.2 Å². The van der Waals surface area contributed by atoms with Gasteiger partial charge in [-0.3, -0.25) is 0 Å². The number of carbonyl (C=O) groups is 2. The van der Waals surface area contributed by atoms with Gasteiger partial charge in [-0.15, -0.1) is 0 Å². The van der Waals surface area contributed by atoms with Crippen molar-refractivity contribution in [1.82, 2.24) is 15.1 Å². The molecular weight excluding hydrogens is 270 g/mol. The maximum Gasteiger partial charge on any atom is 0.335 e. The molecule has 0 fully saturated rings. The highest BCUT2D eigenvalue weighted by Crippen LogP contribution is 2.24. The summed E-state index contributed by atoms with van der Waals surface area (Å²) < 4.78 is 0. The van der Waals surface area contributed by atoms with Crippen molar-refractivity contribution in [3.05, 3.63) is 34.9 Å². The summed E-state index contributed by atoms with van der Waals surface area (Å²) in [5.74, 6) is -0.938. The van der Waals surface area contributed by atoms with Crippen LogP contribution in [-0.2, 0) is 13.1 Å². The van der Waals surface area contributed by atoms with E-state index in [1.165, 1.54) is 0 Å². The molecule has 0 aromatic heterocycles. The van der Waals surface area contributed by atoms with Gasteiger partial charge in [0.05, 0.1) is 5.56 Å². The lowest BCUT2D eigenvalue weighted by Crippen LogP contribution is -2.39. The van der Waals surface area contributed by atoms with Gasteiger partial charge in [-0.2, -0.15) is 0 Å². The number of rotatable bonds is 5. The predicted molar refractivity (Wildman–Crippen MR) is 79.2 cm³/mol. The van der Waals surface area contributed by atoms with Gasteiger partial charge in [-0.05, 0) is 43.3 Å². The number of urea groups is 1. The van der Waals surface area contributed by atoms with Crippen molar-refractivity contribution in [2.24, 2.45) is 0 Å². The molecule has 0 aliphatic carbocycles. The number of amides is 2. The Bertz CT molecular complexity index is 545. The first-order chi connectivity index (χ1) is 10.0. The quantitative estimate of drug-likeness (QED) is 0.804. The van der Waals surface area contributed by atoms with Crippen LogP contribution in [0.25, 0.3) is 0 Å². The van der Waals surface area contributed by atoms with Crippen molar-refractivity contribution in [3.8, 4) is 0 Å². The molecular formula is C15H21N3O3. The molecule has 114 valence electrons. The Morgan fingerprint density at radius 3 is 2.71 bits per heavy atom. The van der Waals surface area contributed by atoms with Gasteiger partial charge in [0.1, 0.15) is 0 Å². The van der Waals surface area contributed by atoms with Crippen LogP contribution >= 0.6 is 0 Å². The molecule has 2 rings (SSSR count). The summed E-state index contributed by atoms with van der Waals surface area (Å²) in [6.07, 6.45) is 0.905. The first-order valence-electron chi connectivity index (χ1n) is 7.02. The van der Waals surface area contributed by atoms with Crippen molar-refractivity contribution in [3.63, 3.8) is 0 Å². The molecule has 0 atom stereocenters. The maximum absolute atomic E-state index is 12.3. The van der Waals surface area contributed by atoms with Crippen molar-refractivity contribution in [1.29, 1.82) is 0 Å². The van der Waals surface area contributed by atoms with Gasteiger partial charge in [0.2, 0.25) is 0 Å². The van der Waals surface area contributed by atoms with Crippen LogP contribution in [0.3, 0.4) is 0 Å². The highest BCUT2D eigenvalue weighted by molar-refractivity contribution is 5.88. The van der Waals surface area contributed by atoms with E-state index in [2.05, 4.69) is 5.32 Å². The highest BCUT2D eigenvalue weighted by atomic mass is 16.4. The highest BCUT2D eigenvalue weighted by Gasteiger charge is 2.26. The average molecular weight is 291 g/mol. The fourth-order valence-corrected chi connectivity index (χ4v) is 2.49. The molecule has 1 aliphatic rings. The molecule has 0 saturated heterocycles. The normalized spacial score (nSPS) is 13.1. The van der Waals surface area contributed by atoms with Crippen molar-refractivity contribution < 1.29 is 14.7 Å². The zero-order valence-corrected chi connectivity index (χ0v) is 12.4. The molecule has 1 aliphatic heterocycles. The standard InChI is InChI=1S/C15H21N3O3/c1-16-6-3-7-17(2)15(21)18-9-12-5-4-11(14(19)20)8-13(12)10-18/h4-5,8,16H,3,6-7,9-10H2,1-2H3,(H,19,20). The van der Waals surface area contributed by atoms with Gasteiger partial charge in [0.25, 0.3) is 0 Å². The Labute approximate surface area is 124 Å². The summed E-state index contributed by atoms with van der Waals surface area (Å²) in [6.45, 7) is 2.60. The van der Waals surface area contributed by atoms with Crippen LogP contribution in [-0.4, -0.2) is 54.1 Å². The molecule has 0 unspecified atom stereocenters. The number of benzene rings is 1. The second-order valence-electron chi connectivity index (χ2n) is 5.31. The molecule has 6 heteroatoms. The van der Waals surface area contributed by atoms with Crippen molar-refractivity contribution in [2.45, 2.75) is 19.5 Å². The Morgan fingerprint density at radius 2 is 2.05 bits per heavy atom. The Balaban J connectivity index is 1.98. The second-order valence-corrected chi connectivity index (χ2v) is 5.31. The lowest BCUT2D eigenvalue weighted by Gasteiger charge is -2.24. The smallest absolute Gasteiger partial charge is 0.335 e. The number of hydrogen-bond acceptors (Lipinski definition) is 3. The van der Waals surface area contributed by atoms with E-state index in [4.69, 9.17) is 5.11 Å². The lowest BCUT2D eigenvalue weighted by molar-refractivity contribution is 0.0696. The summed E-state index contributed by atoms with van der Waals surface area (Å²) in [5, 5.41) is 12.1. The van der Waals surface area contributed by atoms with E-state index in [1.54, 1.807) is 35.0 Å². The monoisotopic (exact) mass is 291 g/mol. The number of nitrogens with one attached hydrogen (secondary N) is 1. The van der Waals surface area contributed by atoms with E-state index in [1.807, 2.05) is 7.05 Å². The number of fused-ring (bicyclic) bond motifs is 1. The molecule has 1 aromatic carbocycles.